The van der Waals surface area contributed by atoms with Gasteiger partial charge in [-0.3, -0.25) is 9.59 Å². The molecule has 8 heteroatoms. The van der Waals surface area contributed by atoms with Crippen LogP contribution in [0, 0.1) is 6.92 Å². The predicted molar refractivity (Wildman–Crippen MR) is 99.7 cm³/mol. The zero-order valence-electron chi connectivity index (χ0n) is 15.0. The zero-order valence-corrected chi connectivity index (χ0v) is 15.8. The molecular weight excluding hydrogens is 368 g/mol. The number of rotatable bonds is 6. The molecule has 2 N–H and O–H groups in total. The van der Waals surface area contributed by atoms with Crippen LogP contribution in [0.4, 0.5) is 5.69 Å². The fraction of sp³-hybridized carbons (Fsp3) is 0.263. The monoisotopic (exact) mass is 388 g/mol. The summed E-state index contributed by atoms with van der Waals surface area (Å²) in [5.74, 6) is -0.692. The average Bonchev–Trinajstić information content (AvgIpc) is 3.00. The molecule has 0 bridgehead atoms. The van der Waals surface area contributed by atoms with Crippen molar-refractivity contribution in [1.82, 2.24) is 4.72 Å². The number of sulfonamides is 1. The Balaban J connectivity index is 1.90. The largest absolute Gasteiger partial charge is 0.469 e. The van der Waals surface area contributed by atoms with Gasteiger partial charge in [0, 0.05) is 5.69 Å². The van der Waals surface area contributed by atoms with Crippen molar-refractivity contribution >= 4 is 27.6 Å². The topological polar surface area (TPSA) is 102 Å². The summed E-state index contributed by atoms with van der Waals surface area (Å²) in [4.78, 5) is 23.3. The minimum absolute atomic E-state index is 0.0414. The third-order valence-corrected chi connectivity index (χ3v) is 5.86. The number of carbonyl (C=O) groups excluding carboxylic acids is 2. The first kappa shape index (κ1) is 19.1. The third-order valence-electron chi connectivity index (χ3n) is 4.39. The van der Waals surface area contributed by atoms with Gasteiger partial charge >= 0.3 is 5.97 Å². The number of amides is 1. The number of aryl methyl sites for hydroxylation is 1. The van der Waals surface area contributed by atoms with Crippen LogP contribution in [0.2, 0.25) is 0 Å². The van der Waals surface area contributed by atoms with Crippen molar-refractivity contribution in [3.8, 4) is 0 Å². The summed E-state index contributed by atoms with van der Waals surface area (Å²) in [5.41, 5.74) is 2.92. The van der Waals surface area contributed by atoms with E-state index in [1.807, 2.05) is 19.1 Å². The van der Waals surface area contributed by atoms with Crippen molar-refractivity contribution in [3.63, 3.8) is 0 Å². The summed E-state index contributed by atoms with van der Waals surface area (Å²) in [5, 5.41) is 2.67. The average molecular weight is 388 g/mol. The maximum absolute atomic E-state index is 12.9. The van der Waals surface area contributed by atoms with E-state index in [-0.39, 0.29) is 23.6 Å². The van der Waals surface area contributed by atoms with E-state index in [0.717, 1.165) is 5.56 Å². The van der Waals surface area contributed by atoms with Crippen LogP contribution in [0.3, 0.4) is 0 Å². The van der Waals surface area contributed by atoms with Gasteiger partial charge in [0.05, 0.1) is 30.9 Å². The summed E-state index contributed by atoms with van der Waals surface area (Å²) in [6, 6.07) is 10.9. The van der Waals surface area contributed by atoms with Crippen LogP contribution in [0.25, 0.3) is 0 Å². The Morgan fingerprint density at radius 1 is 1.22 bits per heavy atom. The van der Waals surface area contributed by atoms with Gasteiger partial charge in [-0.05, 0) is 36.2 Å². The fourth-order valence-electron chi connectivity index (χ4n) is 2.90. The lowest BCUT2D eigenvalue weighted by atomic mass is 10.0. The highest BCUT2D eigenvalue weighted by atomic mass is 32.2. The van der Waals surface area contributed by atoms with E-state index < -0.39 is 22.0 Å². The molecule has 2 aromatic carbocycles. The van der Waals surface area contributed by atoms with Crippen LogP contribution in [-0.4, -0.2) is 27.4 Å². The number of carbonyl (C=O) groups is 2. The number of hydrogen-bond acceptors (Lipinski definition) is 5. The number of hydrogen-bond donors (Lipinski definition) is 2. The van der Waals surface area contributed by atoms with E-state index in [4.69, 9.17) is 4.74 Å². The smallest absolute Gasteiger partial charge is 0.307 e. The molecule has 1 amide bonds. The highest BCUT2D eigenvalue weighted by Gasteiger charge is 2.26. The fourth-order valence-corrected chi connectivity index (χ4v) is 4.18. The normalized spacial score (nSPS) is 14.4. The lowest BCUT2D eigenvalue weighted by Gasteiger charge is -2.19. The molecule has 0 saturated carbocycles. The summed E-state index contributed by atoms with van der Waals surface area (Å²) in [6.45, 7) is 1.92. The van der Waals surface area contributed by atoms with E-state index in [2.05, 4.69) is 10.0 Å². The second-order valence-electron chi connectivity index (χ2n) is 6.41. The molecular formula is C19H20N2O5S. The minimum atomic E-state index is -3.91. The lowest BCUT2D eigenvalue weighted by Crippen LogP contribution is -2.30. The Morgan fingerprint density at radius 2 is 1.93 bits per heavy atom. The van der Waals surface area contributed by atoms with Crippen LogP contribution in [-0.2, 0) is 30.8 Å². The molecule has 142 valence electrons. The molecule has 0 radical (unpaired) electrons. The Labute approximate surface area is 157 Å². The van der Waals surface area contributed by atoms with Crippen LogP contribution in [0.5, 0.6) is 0 Å². The zero-order chi connectivity index (χ0) is 19.6. The number of ether oxygens (including phenoxy) is 1. The Hall–Kier alpha value is -2.71. The Morgan fingerprint density at radius 3 is 2.59 bits per heavy atom. The second-order valence-corrected chi connectivity index (χ2v) is 8.12. The number of anilines is 1. The van der Waals surface area contributed by atoms with Crippen molar-refractivity contribution in [3.05, 3.63) is 59.2 Å². The molecule has 2 aromatic rings. The van der Waals surface area contributed by atoms with Gasteiger partial charge < -0.3 is 10.1 Å². The van der Waals surface area contributed by atoms with Gasteiger partial charge in [-0.15, -0.1) is 0 Å². The van der Waals surface area contributed by atoms with Crippen LogP contribution < -0.4 is 10.0 Å². The summed E-state index contributed by atoms with van der Waals surface area (Å²) >= 11 is 0. The van der Waals surface area contributed by atoms with E-state index in [1.165, 1.54) is 19.2 Å². The molecule has 0 aliphatic carbocycles. The molecule has 0 spiro atoms. The first-order valence-electron chi connectivity index (χ1n) is 8.37. The van der Waals surface area contributed by atoms with Gasteiger partial charge in [0.1, 0.15) is 0 Å². The predicted octanol–water partition coefficient (Wildman–Crippen LogP) is 2.07. The summed E-state index contributed by atoms with van der Waals surface area (Å²) < 4.78 is 33.0. The first-order chi connectivity index (χ1) is 12.8. The van der Waals surface area contributed by atoms with Gasteiger partial charge in [0.25, 0.3) is 0 Å². The van der Waals surface area contributed by atoms with Crippen molar-refractivity contribution < 1.29 is 22.7 Å². The van der Waals surface area contributed by atoms with Crippen molar-refractivity contribution in [2.45, 2.75) is 30.7 Å². The van der Waals surface area contributed by atoms with Gasteiger partial charge in [0.15, 0.2) is 0 Å². The number of methoxy groups -OCH3 is 1. The standard InChI is InChI=1S/C19H20N2O5S/c1-12-3-5-13(6-4-12)17(11-19(23)26-2)21-27(24,25)15-7-8-16-14(9-15)10-18(22)20-16/h3-9,17,21H,10-11H2,1-2H3,(H,20,22)/t17-/m1/s1. The minimum Gasteiger partial charge on any atom is -0.469 e. The van der Waals surface area contributed by atoms with E-state index in [9.17, 15) is 18.0 Å². The quantitative estimate of drug-likeness (QED) is 0.738. The van der Waals surface area contributed by atoms with E-state index in [1.54, 1.807) is 18.2 Å². The number of esters is 1. The Kier molecular flexibility index (Phi) is 5.29. The first-order valence-corrected chi connectivity index (χ1v) is 9.85. The molecule has 0 aromatic heterocycles. The van der Waals surface area contributed by atoms with Gasteiger partial charge in [0.2, 0.25) is 15.9 Å². The molecule has 7 nitrogen and oxygen atoms in total. The van der Waals surface area contributed by atoms with Crippen LogP contribution >= 0.6 is 0 Å². The summed E-state index contributed by atoms with van der Waals surface area (Å²) in [6.07, 6.45) is 0.00597. The maximum Gasteiger partial charge on any atom is 0.307 e. The van der Waals surface area contributed by atoms with E-state index >= 15 is 0 Å². The van der Waals surface area contributed by atoms with Gasteiger partial charge in [-0.25, -0.2) is 13.1 Å². The summed E-state index contributed by atoms with van der Waals surface area (Å²) in [7, 11) is -2.65. The van der Waals surface area contributed by atoms with Crippen LogP contribution in [0.1, 0.15) is 29.2 Å². The molecule has 1 atom stereocenters. The Bertz CT molecular complexity index is 984. The molecule has 1 aliphatic heterocycles. The number of benzene rings is 2. The number of fused-ring (bicyclic) bond motifs is 1. The molecule has 27 heavy (non-hydrogen) atoms. The van der Waals surface area contributed by atoms with Gasteiger partial charge in [-0.2, -0.15) is 0 Å². The highest BCUT2D eigenvalue weighted by Crippen LogP contribution is 2.27. The second kappa shape index (κ2) is 7.50. The number of nitrogens with one attached hydrogen (secondary N) is 2. The molecule has 1 aliphatic rings. The molecule has 0 saturated heterocycles. The molecule has 0 unspecified atom stereocenters. The van der Waals surface area contributed by atoms with Crippen molar-refractivity contribution in [2.24, 2.45) is 0 Å². The van der Waals surface area contributed by atoms with E-state index in [0.29, 0.717) is 16.8 Å². The van der Waals surface area contributed by atoms with Crippen LogP contribution in [0.15, 0.2) is 47.4 Å². The molecule has 0 fully saturated rings. The van der Waals surface area contributed by atoms with Gasteiger partial charge in [-0.1, -0.05) is 29.8 Å². The van der Waals surface area contributed by atoms with Crippen molar-refractivity contribution in [2.75, 3.05) is 12.4 Å². The van der Waals surface area contributed by atoms with Crippen molar-refractivity contribution in [1.29, 1.82) is 0 Å². The lowest BCUT2D eigenvalue weighted by molar-refractivity contribution is -0.141. The molecule has 3 rings (SSSR count). The maximum atomic E-state index is 12.9. The SMILES string of the molecule is COC(=O)C[C@@H](NS(=O)(=O)c1ccc2c(c1)CC(=O)N2)c1ccc(C)cc1. The molecule has 1 heterocycles. The highest BCUT2D eigenvalue weighted by molar-refractivity contribution is 7.89. The third kappa shape index (κ3) is 4.35.